The number of carbonyl (C=O) groups excluding carboxylic acids is 1. The lowest BCUT2D eigenvalue weighted by Crippen LogP contribution is -2.35. The number of likely N-dealkylation sites (tertiary alicyclic amines) is 1. The number of aliphatic hydroxyl groups is 1. The molecule has 0 radical (unpaired) electrons. The Hall–Kier alpha value is -4.12. The van der Waals surface area contributed by atoms with E-state index < -0.39 is 11.5 Å². The van der Waals surface area contributed by atoms with Gasteiger partial charge in [0.25, 0.3) is 5.91 Å². The van der Waals surface area contributed by atoms with Gasteiger partial charge in [0, 0.05) is 51.1 Å². The van der Waals surface area contributed by atoms with Crippen molar-refractivity contribution < 1.29 is 14.4 Å². The summed E-state index contributed by atoms with van der Waals surface area (Å²) in [5.41, 5.74) is 1.57. The SMILES string of the molecule is CC(C)[C@@H](Nc1nccc(-c2cccc(-c3cc(C4(O)CCN(C)C4=O)on3)n2)n1)c1cnn(C)c1. The number of nitrogens with one attached hydrogen (secondary N) is 1. The molecule has 0 spiro atoms. The van der Waals surface area contributed by atoms with E-state index >= 15 is 0 Å². The molecule has 2 N–H and O–H groups in total. The van der Waals surface area contributed by atoms with Crippen LogP contribution in [0.15, 0.2) is 53.4 Å². The van der Waals surface area contributed by atoms with Gasteiger partial charge in [-0.2, -0.15) is 5.10 Å². The highest BCUT2D eigenvalue weighted by molar-refractivity contribution is 5.87. The summed E-state index contributed by atoms with van der Waals surface area (Å²) in [6, 6.07) is 8.82. The third kappa shape index (κ3) is 4.33. The Labute approximate surface area is 208 Å². The predicted octanol–water partition coefficient (Wildman–Crippen LogP) is 2.79. The van der Waals surface area contributed by atoms with Gasteiger partial charge in [-0.25, -0.2) is 15.0 Å². The summed E-state index contributed by atoms with van der Waals surface area (Å²) in [7, 11) is 3.53. The molecule has 1 aliphatic heterocycles. The maximum Gasteiger partial charge on any atom is 0.262 e. The number of hydrogen-bond acceptors (Lipinski definition) is 9. The van der Waals surface area contributed by atoms with Gasteiger partial charge >= 0.3 is 0 Å². The highest BCUT2D eigenvalue weighted by atomic mass is 16.5. The molecule has 1 fully saturated rings. The van der Waals surface area contributed by atoms with Crippen molar-refractivity contribution in [1.29, 1.82) is 0 Å². The maximum atomic E-state index is 12.4. The number of amides is 1. The van der Waals surface area contributed by atoms with Crippen molar-refractivity contribution in [2.45, 2.75) is 31.9 Å². The molecule has 5 heterocycles. The molecule has 0 aliphatic carbocycles. The van der Waals surface area contributed by atoms with Crippen LogP contribution in [0.5, 0.6) is 0 Å². The van der Waals surface area contributed by atoms with Crippen LogP contribution in [-0.2, 0) is 17.4 Å². The lowest BCUT2D eigenvalue weighted by atomic mass is 9.98. The number of pyridine rings is 1. The maximum absolute atomic E-state index is 12.4. The summed E-state index contributed by atoms with van der Waals surface area (Å²) in [4.78, 5) is 27.7. The van der Waals surface area contributed by atoms with E-state index in [1.54, 1.807) is 36.1 Å². The Kier molecular flexibility index (Phi) is 6.00. The van der Waals surface area contributed by atoms with Gasteiger partial charge in [-0.3, -0.25) is 9.48 Å². The number of hydrogen-bond donors (Lipinski definition) is 2. The van der Waals surface area contributed by atoms with Crippen LogP contribution in [0.3, 0.4) is 0 Å². The zero-order chi connectivity index (χ0) is 25.4. The van der Waals surface area contributed by atoms with Crippen LogP contribution < -0.4 is 5.32 Å². The van der Waals surface area contributed by atoms with Crippen LogP contribution >= 0.6 is 0 Å². The van der Waals surface area contributed by atoms with Crippen LogP contribution in [0.25, 0.3) is 22.8 Å². The van der Waals surface area contributed by atoms with E-state index in [0.717, 1.165) is 5.56 Å². The molecule has 11 nitrogen and oxygen atoms in total. The smallest absolute Gasteiger partial charge is 0.262 e. The molecule has 0 bridgehead atoms. The monoisotopic (exact) mass is 488 g/mol. The van der Waals surface area contributed by atoms with Crippen molar-refractivity contribution in [2.24, 2.45) is 13.0 Å². The molecule has 4 aromatic heterocycles. The molecule has 11 heteroatoms. The standard InChI is InChI=1S/C25H28N8O3/c1-15(2)22(16-13-27-33(4)14-16)30-24-26-10-8-19(29-24)17-6-5-7-18(28-17)20-12-21(36-31-20)25(35)9-11-32(3)23(25)34/h5-8,10,12-15,22,35H,9,11H2,1-4H3,(H,26,29,30)/t22-,25?/m1/s1. The summed E-state index contributed by atoms with van der Waals surface area (Å²) >= 11 is 0. The van der Waals surface area contributed by atoms with E-state index in [1.807, 2.05) is 31.6 Å². The van der Waals surface area contributed by atoms with Crippen molar-refractivity contribution in [2.75, 3.05) is 18.9 Å². The number of likely N-dealkylation sites (N-methyl/N-ethyl adjacent to an activating group) is 1. The summed E-state index contributed by atoms with van der Waals surface area (Å²) in [6.45, 7) is 4.69. The molecule has 1 aliphatic rings. The van der Waals surface area contributed by atoms with Gasteiger partial charge in [-0.05, 0) is 24.1 Å². The third-order valence-electron chi connectivity index (χ3n) is 6.39. The first-order chi connectivity index (χ1) is 17.2. The van der Waals surface area contributed by atoms with Crippen molar-refractivity contribution in [1.82, 2.24) is 34.8 Å². The fraction of sp³-hybridized carbons (Fsp3) is 0.360. The number of rotatable bonds is 7. The fourth-order valence-corrected chi connectivity index (χ4v) is 4.34. The zero-order valence-corrected chi connectivity index (χ0v) is 20.6. The van der Waals surface area contributed by atoms with Crippen LogP contribution in [0.2, 0.25) is 0 Å². The molecule has 2 atom stereocenters. The lowest BCUT2D eigenvalue weighted by Gasteiger charge is -2.21. The van der Waals surface area contributed by atoms with Crippen LogP contribution in [0.4, 0.5) is 5.95 Å². The molecule has 1 unspecified atom stereocenters. The topological polar surface area (TPSA) is 135 Å². The van der Waals surface area contributed by atoms with Crippen LogP contribution in [0, 0.1) is 5.92 Å². The van der Waals surface area contributed by atoms with Gasteiger partial charge in [0.05, 0.1) is 29.3 Å². The predicted molar refractivity (Wildman–Crippen MR) is 131 cm³/mol. The number of nitrogens with zero attached hydrogens (tertiary/aromatic N) is 7. The molecule has 1 saturated heterocycles. The second-order valence-corrected chi connectivity index (χ2v) is 9.40. The summed E-state index contributed by atoms with van der Waals surface area (Å²) < 4.78 is 7.14. The fourth-order valence-electron chi connectivity index (χ4n) is 4.34. The Morgan fingerprint density at radius 1 is 1.11 bits per heavy atom. The van der Waals surface area contributed by atoms with Crippen LogP contribution in [-0.4, -0.2) is 59.4 Å². The van der Waals surface area contributed by atoms with Gasteiger partial charge in [0.1, 0.15) is 5.69 Å². The Bertz CT molecular complexity index is 1400. The van der Waals surface area contributed by atoms with E-state index in [9.17, 15) is 9.90 Å². The van der Waals surface area contributed by atoms with E-state index in [0.29, 0.717) is 35.3 Å². The molecule has 4 aromatic rings. The normalized spacial score (nSPS) is 18.7. The van der Waals surface area contributed by atoms with Gasteiger partial charge in [0.15, 0.2) is 5.76 Å². The third-order valence-corrected chi connectivity index (χ3v) is 6.39. The van der Waals surface area contributed by atoms with E-state index in [1.165, 1.54) is 4.90 Å². The molecule has 5 rings (SSSR count). The summed E-state index contributed by atoms with van der Waals surface area (Å²) in [6.07, 6.45) is 5.75. The minimum atomic E-state index is -1.70. The second-order valence-electron chi connectivity index (χ2n) is 9.40. The molecule has 186 valence electrons. The Balaban J connectivity index is 1.40. The van der Waals surface area contributed by atoms with Crippen molar-refractivity contribution in [3.8, 4) is 22.8 Å². The molecule has 0 saturated carbocycles. The number of anilines is 1. The van der Waals surface area contributed by atoms with Gasteiger partial charge in [0.2, 0.25) is 11.5 Å². The Morgan fingerprint density at radius 3 is 2.53 bits per heavy atom. The van der Waals surface area contributed by atoms with Gasteiger partial charge < -0.3 is 19.8 Å². The highest BCUT2D eigenvalue weighted by Gasteiger charge is 2.48. The van der Waals surface area contributed by atoms with Gasteiger partial charge in [-0.1, -0.05) is 25.1 Å². The largest absolute Gasteiger partial charge is 0.373 e. The molecular weight excluding hydrogens is 460 g/mol. The summed E-state index contributed by atoms with van der Waals surface area (Å²) in [5, 5.41) is 22.6. The van der Waals surface area contributed by atoms with Crippen molar-refractivity contribution in [3.05, 3.63) is 60.2 Å². The van der Waals surface area contributed by atoms with Crippen molar-refractivity contribution in [3.63, 3.8) is 0 Å². The Morgan fingerprint density at radius 2 is 1.86 bits per heavy atom. The van der Waals surface area contributed by atoms with Crippen molar-refractivity contribution >= 4 is 11.9 Å². The summed E-state index contributed by atoms with van der Waals surface area (Å²) in [5.74, 6) is 0.476. The number of aryl methyl sites for hydroxylation is 1. The van der Waals surface area contributed by atoms with Gasteiger partial charge in [-0.15, -0.1) is 0 Å². The van der Waals surface area contributed by atoms with E-state index in [2.05, 4.69) is 39.4 Å². The second kappa shape index (κ2) is 9.15. The minimum Gasteiger partial charge on any atom is -0.373 e. The first kappa shape index (κ1) is 23.6. The molecule has 36 heavy (non-hydrogen) atoms. The molecular formula is C25H28N8O3. The first-order valence-corrected chi connectivity index (χ1v) is 11.8. The number of carbonyl (C=O) groups is 1. The molecule has 1 amide bonds. The average Bonchev–Trinajstić information content (AvgIpc) is 3.60. The first-order valence-electron chi connectivity index (χ1n) is 11.8. The number of aromatic nitrogens is 6. The lowest BCUT2D eigenvalue weighted by molar-refractivity contribution is -0.144. The highest BCUT2D eigenvalue weighted by Crippen LogP contribution is 2.34. The minimum absolute atomic E-state index is 0.00931. The average molecular weight is 489 g/mol. The van der Waals surface area contributed by atoms with E-state index in [-0.39, 0.29) is 24.1 Å². The quantitative estimate of drug-likeness (QED) is 0.402. The molecule has 0 aromatic carbocycles. The zero-order valence-electron chi connectivity index (χ0n) is 20.6. The van der Waals surface area contributed by atoms with Crippen LogP contribution in [0.1, 0.15) is 37.6 Å². The van der Waals surface area contributed by atoms with E-state index in [4.69, 9.17) is 9.51 Å².